The summed E-state index contributed by atoms with van der Waals surface area (Å²) < 4.78 is 1.91. The molecule has 3 rings (SSSR count). The number of nitrogens with one attached hydrogen (secondary N) is 1. The molecule has 1 saturated heterocycles. The molecule has 8 heteroatoms. The van der Waals surface area contributed by atoms with Gasteiger partial charge in [0.25, 0.3) is 0 Å². The zero-order valence-corrected chi connectivity index (χ0v) is 11.3. The fourth-order valence-corrected chi connectivity index (χ4v) is 2.56. The van der Waals surface area contributed by atoms with Crippen LogP contribution in [0.15, 0.2) is 6.33 Å². The Morgan fingerprint density at radius 1 is 1.05 bits per heavy atom. The molecule has 0 bridgehead atoms. The van der Waals surface area contributed by atoms with E-state index in [9.17, 15) is 9.59 Å². The molecule has 2 amide bonds. The molecule has 1 fully saturated rings. The Labute approximate surface area is 116 Å². The number of carbonyl (C=O) groups excluding carboxylic acids is 2. The van der Waals surface area contributed by atoms with Crippen LogP contribution in [0.4, 0.5) is 0 Å². The lowest BCUT2D eigenvalue weighted by molar-refractivity contribution is -0.152. The molecular weight excluding hydrogens is 260 g/mol. The van der Waals surface area contributed by atoms with Crippen molar-refractivity contribution in [2.75, 3.05) is 32.7 Å². The first kappa shape index (κ1) is 13.0. The predicted molar refractivity (Wildman–Crippen MR) is 69.5 cm³/mol. The minimum Gasteiger partial charge on any atom is -0.333 e. The molecule has 1 aromatic heterocycles. The molecule has 0 spiro atoms. The first-order valence-corrected chi connectivity index (χ1v) is 6.91. The molecule has 108 valence electrons. The molecule has 1 N–H and O–H groups in total. The summed E-state index contributed by atoms with van der Waals surface area (Å²) >= 11 is 0. The third-order valence-electron chi connectivity index (χ3n) is 3.74. The molecule has 0 atom stereocenters. The maximum atomic E-state index is 12.3. The van der Waals surface area contributed by atoms with Crippen LogP contribution in [-0.2, 0) is 22.7 Å². The van der Waals surface area contributed by atoms with Crippen LogP contribution < -0.4 is 5.32 Å². The van der Waals surface area contributed by atoms with E-state index in [1.54, 1.807) is 16.1 Å². The van der Waals surface area contributed by atoms with Gasteiger partial charge in [0.05, 0.1) is 6.54 Å². The van der Waals surface area contributed by atoms with Crippen molar-refractivity contribution in [2.24, 2.45) is 0 Å². The lowest BCUT2D eigenvalue weighted by Gasteiger charge is -2.28. The SMILES string of the molecule is O=C(C(=O)N1CCn2cnnc2C1)N1CCCNCC1. The molecule has 8 nitrogen and oxygen atoms in total. The van der Waals surface area contributed by atoms with Gasteiger partial charge < -0.3 is 19.7 Å². The van der Waals surface area contributed by atoms with Crippen molar-refractivity contribution in [1.82, 2.24) is 29.9 Å². The number of rotatable bonds is 0. The summed E-state index contributed by atoms with van der Waals surface area (Å²) in [5.41, 5.74) is 0. The average molecular weight is 278 g/mol. The standard InChI is InChI=1S/C12H18N6O2/c19-11(16-4-1-2-13-3-5-16)12(20)17-6-7-18-9-14-15-10(18)8-17/h9,13H,1-8H2. The Morgan fingerprint density at radius 3 is 2.80 bits per heavy atom. The van der Waals surface area contributed by atoms with Gasteiger partial charge in [-0.25, -0.2) is 0 Å². The predicted octanol–water partition coefficient (Wildman–Crippen LogP) is -1.56. The Morgan fingerprint density at radius 2 is 1.90 bits per heavy atom. The number of aromatic nitrogens is 3. The van der Waals surface area contributed by atoms with Crippen molar-refractivity contribution < 1.29 is 9.59 Å². The van der Waals surface area contributed by atoms with Gasteiger partial charge in [-0.3, -0.25) is 9.59 Å². The number of carbonyl (C=O) groups is 2. The maximum Gasteiger partial charge on any atom is 0.312 e. The molecule has 20 heavy (non-hydrogen) atoms. The lowest BCUT2D eigenvalue weighted by Crippen LogP contribution is -2.48. The Kier molecular flexibility index (Phi) is 3.64. The number of nitrogens with zero attached hydrogens (tertiary/aromatic N) is 5. The summed E-state index contributed by atoms with van der Waals surface area (Å²) in [6, 6.07) is 0. The second-order valence-electron chi connectivity index (χ2n) is 5.06. The third-order valence-corrected chi connectivity index (χ3v) is 3.74. The van der Waals surface area contributed by atoms with E-state index >= 15 is 0 Å². The van der Waals surface area contributed by atoms with E-state index in [1.807, 2.05) is 4.57 Å². The number of fused-ring (bicyclic) bond motifs is 1. The van der Waals surface area contributed by atoms with Crippen LogP contribution in [0.2, 0.25) is 0 Å². The zero-order valence-electron chi connectivity index (χ0n) is 11.3. The van der Waals surface area contributed by atoms with E-state index in [4.69, 9.17) is 0 Å². The van der Waals surface area contributed by atoms with Crippen LogP contribution in [0.3, 0.4) is 0 Å². The van der Waals surface area contributed by atoms with E-state index in [2.05, 4.69) is 15.5 Å². The number of amides is 2. The fraction of sp³-hybridized carbons (Fsp3) is 0.667. The summed E-state index contributed by atoms with van der Waals surface area (Å²) in [5, 5.41) is 11.0. The molecule has 2 aliphatic heterocycles. The number of hydrogen-bond donors (Lipinski definition) is 1. The Hall–Kier alpha value is -1.96. The second kappa shape index (κ2) is 5.58. The van der Waals surface area contributed by atoms with Crippen molar-refractivity contribution in [3.8, 4) is 0 Å². The second-order valence-corrected chi connectivity index (χ2v) is 5.06. The maximum absolute atomic E-state index is 12.3. The van der Waals surface area contributed by atoms with E-state index in [1.165, 1.54) is 0 Å². The Bertz CT molecular complexity index is 506. The van der Waals surface area contributed by atoms with Gasteiger partial charge in [-0.15, -0.1) is 10.2 Å². The van der Waals surface area contributed by atoms with Crippen LogP contribution in [0, 0.1) is 0 Å². The normalized spacial score (nSPS) is 19.4. The summed E-state index contributed by atoms with van der Waals surface area (Å²) in [4.78, 5) is 27.8. The van der Waals surface area contributed by atoms with Gasteiger partial charge in [-0.1, -0.05) is 0 Å². The summed E-state index contributed by atoms with van der Waals surface area (Å²) in [5.74, 6) is -0.0993. The average Bonchev–Trinajstić information content (AvgIpc) is 2.77. The monoisotopic (exact) mass is 278 g/mol. The van der Waals surface area contributed by atoms with Crippen LogP contribution in [-0.4, -0.2) is 69.1 Å². The molecule has 2 aliphatic rings. The Balaban J connectivity index is 1.65. The molecule has 0 aliphatic carbocycles. The quantitative estimate of drug-likeness (QED) is 0.580. The highest BCUT2D eigenvalue weighted by molar-refractivity contribution is 6.34. The molecule has 0 saturated carbocycles. The van der Waals surface area contributed by atoms with Crippen molar-refractivity contribution in [3.63, 3.8) is 0 Å². The topological polar surface area (TPSA) is 83.4 Å². The van der Waals surface area contributed by atoms with Gasteiger partial charge in [0.15, 0.2) is 5.82 Å². The van der Waals surface area contributed by atoms with Crippen molar-refractivity contribution in [1.29, 1.82) is 0 Å². The van der Waals surface area contributed by atoms with Crippen LogP contribution >= 0.6 is 0 Å². The fourth-order valence-electron chi connectivity index (χ4n) is 2.56. The third kappa shape index (κ3) is 2.51. The lowest BCUT2D eigenvalue weighted by atomic mass is 10.3. The van der Waals surface area contributed by atoms with Gasteiger partial charge in [-0.05, 0) is 13.0 Å². The van der Waals surface area contributed by atoms with E-state index in [0.29, 0.717) is 32.7 Å². The summed E-state index contributed by atoms with van der Waals surface area (Å²) in [6.45, 7) is 4.40. The molecular formula is C12H18N6O2. The first-order chi connectivity index (χ1) is 9.75. The van der Waals surface area contributed by atoms with Gasteiger partial charge in [0.1, 0.15) is 6.33 Å². The van der Waals surface area contributed by atoms with Crippen LogP contribution in [0.1, 0.15) is 12.2 Å². The first-order valence-electron chi connectivity index (χ1n) is 6.91. The zero-order chi connectivity index (χ0) is 13.9. The van der Waals surface area contributed by atoms with Gasteiger partial charge in [0.2, 0.25) is 0 Å². The summed E-state index contributed by atoms with van der Waals surface area (Å²) in [6.07, 6.45) is 2.53. The van der Waals surface area contributed by atoms with Crippen LogP contribution in [0.25, 0.3) is 0 Å². The minimum absolute atomic E-state index is 0.358. The summed E-state index contributed by atoms with van der Waals surface area (Å²) in [7, 11) is 0. The highest BCUT2D eigenvalue weighted by Gasteiger charge is 2.30. The van der Waals surface area contributed by atoms with E-state index < -0.39 is 11.8 Å². The van der Waals surface area contributed by atoms with Gasteiger partial charge >= 0.3 is 11.8 Å². The van der Waals surface area contributed by atoms with Crippen molar-refractivity contribution in [2.45, 2.75) is 19.5 Å². The highest BCUT2D eigenvalue weighted by Crippen LogP contribution is 2.10. The van der Waals surface area contributed by atoms with Crippen LogP contribution in [0.5, 0.6) is 0 Å². The highest BCUT2D eigenvalue weighted by atomic mass is 16.2. The van der Waals surface area contributed by atoms with E-state index in [-0.39, 0.29) is 0 Å². The van der Waals surface area contributed by atoms with Crippen molar-refractivity contribution in [3.05, 3.63) is 12.2 Å². The molecule has 1 aromatic rings. The van der Waals surface area contributed by atoms with E-state index in [0.717, 1.165) is 25.3 Å². The smallest absolute Gasteiger partial charge is 0.312 e. The minimum atomic E-state index is -0.429. The molecule has 0 aromatic carbocycles. The molecule has 0 unspecified atom stereocenters. The molecule has 3 heterocycles. The van der Waals surface area contributed by atoms with Crippen molar-refractivity contribution >= 4 is 11.8 Å². The largest absolute Gasteiger partial charge is 0.333 e. The molecule has 0 radical (unpaired) electrons. The van der Waals surface area contributed by atoms with Gasteiger partial charge in [0, 0.05) is 32.7 Å². The van der Waals surface area contributed by atoms with Gasteiger partial charge in [-0.2, -0.15) is 0 Å². The number of hydrogen-bond acceptors (Lipinski definition) is 5.